The number of fused-ring (bicyclic) bond motifs is 2. The van der Waals surface area contributed by atoms with Gasteiger partial charge in [-0.2, -0.15) is 0 Å². The smallest absolute Gasteiger partial charge is 0.0744 e. The molecule has 0 saturated carbocycles. The normalized spacial score (nSPS) is 31.4. The van der Waals surface area contributed by atoms with Gasteiger partial charge in [0.25, 0.3) is 0 Å². The van der Waals surface area contributed by atoms with E-state index in [9.17, 15) is 0 Å². The summed E-state index contributed by atoms with van der Waals surface area (Å²) >= 11 is 0. The number of hydrogen-bond donors (Lipinski definition) is 0. The predicted octanol–water partition coefficient (Wildman–Crippen LogP) is 4.90. The third-order valence-corrected chi connectivity index (χ3v) is 7.86. The lowest BCUT2D eigenvalue weighted by Crippen LogP contribution is -2.26. The average molecular weight is 264 g/mol. The minimum absolute atomic E-state index is 0.243. The van der Waals surface area contributed by atoms with Crippen molar-refractivity contribution in [2.24, 2.45) is 11.3 Å². The van der Waals surface area contributed by atoms with Crippen molar-refractivity contribution >= 4 is 16.9 Å². The van der Waals surface area contributed by atoms with Crippen molar-refractivity contribution in [1.29, 1.82) is 0 Å². The molecule has 0 amide bonds. The van der Waals surface area contributed by atoms with Crippen LogP contribution in [-0.4, -0.2) is 16.9 Å². The van der Waals surface area contributed by atoms with E-state index in [2.05, 4.69) is 51.0 Å². The highest BCUT2D eigenvalue weighted by Crippen LogP contribution is 2.53. The molecule has 2 aliphatic rings. The molecular weight excluding hydrogens is 236 g/mol. The summed E-state index contributed by atoms with van der Waals surface area (Å²) in [7, 11) is -1.09. The first-order chi connectivity index (χ1) is 7.82. The zero-order valence-electron chi connectivity index (χ0n) is 12.1. The fourth-order valence-electron chi connectivity index (χ4n) is 3.48. The Labute approximate surface area is 110 Å². The van der Waals surface area contributed by atoms with Gasteiger partial charge in [-0.1, -0.05) is 68.6 Å². The van der Waals surface area contributed by atoms with Gasteiger partial charge >= 0.3 is 0 Å². The summed E-state index contributed by atoms with van der Waals surface area (Å²) in [5.41, 5.74) is 0.516. The number of rotatable bonds is 5. The lowest BCUT2D eigenvalue weighted by molar-refractivity contribution is 0.427. The first kappa shape index (κ1) is 13.3. The second-order valence-corrected chi connectivity index (χ2v) is 15.5. The van der Waals surface area contributed by atoms with Crippen molar-refractivity contribution in [3.63, 3.8) is 0 Å². The predicted molar refractivity (Wildman–Crippen MR) is 82.6 cm³/mol. The molecule has 0 aromatic carbocycles. The number of hydrogen-bond acceptors (Lipinski definition) is 0. The molecule has 0 saturated heterocycles. The first-order valence-electron chi connectivity index (χ1n) is 7.05. The number of allylic oxidation sites excluding steroid dienone is 4. The molecule has 0 aliphatic heterocycles. The van der Waals surface area contributed by atoms with E-state index in [1.165, 1.54) is 25.3 Å². The van der Waals surface area contributed by atoms with Crippen LogP contribution in [0.1, 0.15) is 19.3 Å². The van der Waals surface area contributed by atoms with Gasteiger partial charge in [-0.25, -0.2) is 0 Å². The Kier molecular flexibility index (Phi) is 3.57. The molecule has 1 radical (unpaired) electrons. The molecule has 2 rings (SSSR count). The van der Waals surface area contributed by atoms with Crippen LogP contribution in [0.3, 0.4) is 0 Å². The van der Waals surface area contributed by atoms with E-state index >= 15 is 0 Å². The van der Waals surface area contributed by atoms with Crippen LogP contribution < -0.4 is 0 Å². The molecule has 17 heavy (non-hydrogen) atoms. The van der Waals surface area contributed by atoms with E-state index in [0.29, 0.717) is 5.41 Å². The van der Waals surface area contributed by atoms with Crippen LogP contribution in [0.2, 0.25) is 38.8 Å². The molecule has 2 atom stereocenters. The Morgan fingerprint density at radius 3 is 2.59 bits per heavy atom. The highest BCUT2D eigenvalue weighted by atomic mass is 28.3. The molecule has 0 spiro atoms. The summed E-state index contributed by atoms with van der Waals surface area (Å²) in [6, 6.07) is 1.50. The Morgan fingerprint density at radius 2 is 2.06 bits per heavy atom. The van der Waals surface area contributed by atoms with Gasteiger partial charge in [0, 0.05) is 13.5 Å². The van der Waals surface area contributed by atoms with E-state index in [1.54, 1.807) is 0 Å². The van der Waals surface area contributed by atoms with E-state index in [0.717, 1.165) is 5.92 Å². The van der Waals surface area contributed by atoms with Crippen LogP contribution >= 0.6 is 0 Å². The van der Waals surface area contributed by atoms with Crippen LogP contribution in [-0.2, 0) is 0 Å². The molecule has 2 unspecified atom stereocenters. The van der Waals surface area contributed by atoms with E-state index in [1.807, 2.05) is 5.20 Å². The topological polar surface area (TPSA) is 0 Å². The molecule has 0 nitrogen and oxygen atoms in total. The second kappa shape index (κ2) is 4.54. The third-order valence-electron chi connectivity index (χ3n) is 4.27. The molecule has 95 valence electrons. The maximum atomic E-state index is 2.60. The van der Waals surface area contributed by atoms with Crippen LogP contribution in [0, 0.1) is 11.3 Å². The first-order valence-corrected chi connectivity index (χ1v) is 13.3. The van der Waals surface area contributed by atoms with Gasteiger partial charge in [0.2, 0.25) is 0 Å². The van der Waals surface area contributed by atoms with Crippen LogP contribution in [0.5, 0.6) is 0 Å². The highest BCUT2D eigenvalue weighted by molar-refractivity contribution is 6.76. The van der Waals surface area contributed by atoms with E-state index in [4.69, 9.17) is 0 Å². The Bertz CT molecular complexity index is 346. The largest absolute Gasteiger partial charge is 0.0816 e. The van der Waals surface area contributed by atoms with Gasteiger partial charge in [-0.15, -0.1) is 0 Å². The summed E-state index contributed by atoms with van der Waals surface area (Å²) in [5, 5.41) is 1.84. The summed E-state index contributed by atoms with van der Waals surface area (Å²) in [5.74, 6) is 0.789. The van der Waals surface area contributed by atoms with Gasteiger partial charge in [-0.05, 0) is 18.8 Å². The quantitative estimate of drug-likeness (QED) is 0.489. The maximum absolute atomic E-state index is 2.60. The van der Waals surface area contributed by atoms with E-state index in [-0.39, 0.29) is 8.80 Å². The van der Waals surface area contributed by atoms with Crippen molar-refractivity contribution in [1.82, 2.24) is 0 Å². The zero-order chi connectivity index (χ0) is 12.7. The molecule has 2 bridgehead atoms. The van der Waals surface area contributed by atoms with Gasteiger partial charge in [0.15, 0.2) is 0 Å². The maximum Gasteiger partial charge on any atom is 0.0744 e. The minimum Gasteiger partial charge on any atom is -0.0816 e. The molecule has 0 aromatic rings. The molecule has 0 heterocycles. The fourth-order valence-corrected chi connectivity index (χ4v) is 6.57. The van der Waals surface area contributed by atoms with Gasteiger partial charge < -0.3 is 0 Å². The van der Waals surface area contributed by atoms with Crippen LogP contribution in [0.4, 0.5) is 0 Å². The van der Waals surface area contributed by atoms with Crippen molar-refractivity contribution < 1.29 is 0 Å². The zero-order valence-corrected chi connectivity index (χ0v) is 14.1. The Balaban J connectivity index is 1.99. The van der Waals surface area contributed by atoms with Crippen molar-refractivity contribution in [2.45, 2.75) is 58.0 Å². The van der Waals surface area contributed by atoms with Crippen LogP contribution in [0.25, 0.3) is 0 Å². The summed E-state index contributed by atoms with van der Waals surface area (Å²) in [6.45, 7) is 12.4. The standard InChI is InChI=1S/C15H27Si2/c1-16(2)14-11-13-7-9-15(14,12-13)8-6-10-17(3,4)5/h7,9,11,13H,6,8,10,12H2,1-5H3. The Morgan fingerprint density at radius 1 is 1.35 bits per heavy atom. The van der Waals surface area contributed by atoms with Crippen molar-refractivity contribution in [3.8, 4) is 0 Å². The fraction of sp³-hybridized carbons (Fsp3) is 0.733. The third kappa shape index (κ3) is 2.84. The van der Waals surface area contributed by atoms with Crippen molar-refractivity contribution in [2.75, 3.05) is 0 Å². The molecule has 2 heteroatoms. The lowest BCUT2D eigenvalue weighted by atomic mass is 9.85. The minimum atomic E-state index is -0.846. The average Bonchev–Trinajstić information content (AvgIpc) is 2.72. The molecule has 2 aliphatic carbocycles. The van der Waals surface area contributed by atoms with Crippen LogP contribution in [0.15, 0.2) is 23.4 Å². The monoisotopic (exact) mass is 263 g/mol. The Hall–Kier alpha value is -0.0862. The van der Waals surface area contributed by atoms with Gasteiger partial charge in [-0.3, -0.25) is 0 Å². The summed E-state index contributed by atoms with van der Waals surface area (Å²) in [4.78, 5) is 0. The molecular formula is C15H27Si2. The molecule has 0 fully saturated rings. The molecule has 0 N–H and O–H groups in total. The SMILES string of the molecule is C[Si](C)C1=CC2C=CC1(CCC[Si](C)(C)C)C2. The highest BCUT2D eigenvalue weighted by Gasteiger charge is 2.43. The van der Waals surface area contributed by atoms with Gasteiger partial charge in [0.1, 0.15) is 0 Å². The second-order valence-electron chi connectivity index (χ2n) is 7.38. The molecule has 0 aromatic heterocycles. The lowest BCUT2D eigenvalue weighted by Gasteiger charge is -2.31. The van der Waals surface area contributed by atoms with Crippen molar-refractivity contribution in [3.05, 3.63) is 23.4 Å². The summed E-state index contributed by atoms with van der Waals surface area (Å²) in [6.07, 6.45) is 11.9. The van der Waals surface area contributed by atoms with Gasteiger partial charge in [0.05, 0.1) is 8.80 Å². The van der Waals surface area contributed by atoms with E-state index < -0.39 is 8.07 Å². The summed E-state index contributed by atoms with van der Waals surface area (Å²) < 4.78 is 0.